The van der Waals surface area contributed by atoms with Crippen molar-refractivity contribution >= 4 is 34.6 Å². The highest BCUT2D eigenvalue weighted by molar-refractivity contribution is 7.80. The third kappa shape index (κ3) is 4.98. The maximum Gasteiger partial charge on any atom is 0.292 e. The van der Waals surface area contributed by atoms with Crippen LogP contribution in [0.5, 0.6) is 5.75 Å². The minimum absolute atomic E-state index is 0.0374. The van der Waals surface area contributed by atoms with E-state index in [0.717, 1.165) is 6.42 Å². The number of anilines is 1. The normalized spacial score (nSPS) is 9.96. The highest BCUT2D eigenvalue weighted by atomic mass is 32.1. The van der Waals surface area contributed by atoms with E-state index < -0.39 is 10.8 Å². The Bertz CT molecular complexity index is 795. The van der Waals surface area contributed by atoms with Gasteiger partial charge in [0.2, 0.25) is 0 Å². The van der Waals surface area contributed by atoms with Gasteiger partial charge in [-0.2, -0.15) is 0 Å². The summed E-state index contributed by atoms with van der Waals surface area (Å²) in [5.41, 5.74) is 0.404. The summed E-state index contributed by atoms with van der Waals surface area (Å²) >= 11 is 5.08. The lowest BCUT2D eigenvalue weighted by molar-refractivity contribution is -0.383. The summed E-state index contributed by atoms with van der Waals surface area (Å²) in [4.78, 5) is 22.9. The molecule has 0 unspecified atom stereocenters. The average molecular weight is 359 g/mol. The summed E-state index contributed by atoms with van der Waals surface area (Å²) in [6.07, 6.45) is 0.813. The largest absolute Gasteiger partial charge is 0.493 e. The number of rotatable bonds is 6. The van der Waals surface area contributed by atoms with Crippen LogP contribution in [0.4, 0.5) is 11.4 Å². The van der Waals surface area contributed by atoms with Crippen LogP contribution in [0.3, 0.4) is 0 Å². The van der Waals surface area contributed by atoms with E-state index in [1.165, 1.54) is 12.1 Å². The van der Waals surface area contributed by atoms with E-state index in [9.17, 15) is 14.9 Å². The first kappa shape index (κ1) is 18.3. The Morgan fingerprint density at radius 2 is 1.88 bits per heavy atom. The molecule has 0 aromatic heterocycles. The Labute approximate surface area is 150 Å². The number of carbonyl (C=O) groups is 1. The summed E-state index contributed by atoms with van der Waals surface area (Å²) < 4.78 is 5.54. The van der Waals surface area contributed by atoms with Crippen LogP contribution in [0.25, 0.3) is 0 Å². The van der Waals surface area contributed by atoms with E-state index in [4.69, 9.17) is 17.0 Å². The second-order valence-electron chi connectivity index (χ2n) is 5.03. The van der Waals surface area contributed by atoms with Crippen molar-refractivity contribution in [3.8, 4) is 5.75 Å². The van der Waals surface area contributed by atoms with Gasteiger partial charge in [0.1, 0.15) is 11.4 Å². The Morgan fingerprint density at radius 1 is 1.20 bits per heavy atom. The number of hydrogen-bond acceptors (Lipinski definition) is 5. The zero-order valence-corrected chi connectivity index (χ0v) is 14.3. The van der Waals surface area contributed by atoms with Crippen LogP contribution in [0.1, 0.15) is 23.7 Å². The number of nitrogens with zero attached hydrogens (tertiary/aromatic N) is 1. The van der Waals surface area contributed by atoms with Gasteiger partial charge in [-0.3, -0.25) is 20.2 Å². The fourth-order valence-electron chi connectivity index (χ4n) is 2.05. The minimum atomic E-state index is -0.527. The molecule has 0 heterocycles. The Hall–Kier alpha value is -3.00. The predicted octanol–water partition coefficient (Wildman–Crippen LogP) is 3.51. The first-order chi connectivity index (χ1) is 12.0. The molecule has 8 heteroatoms. The van der Waals surface area contributed by atoms with Crippen molar-refractivity contribution in [2.75, 3.05) is 11.9 Å². The van der Waals surface area contributed by atoms with Crippen molar-refractivity contribution in [2.24, 2.45) is 0 Å². The summed E-state index contributed by atoms with van der Waals surface area (Å²) in [6, 6.07) is 12.8. The fourth-order valence-corrected chi connectivity index (χ4v) is 2.26. The Kier molecular flexibility index (Phi) is 6.41. The molecule has 0 radical (unpaired) electrons. The summed E-state index contributed by atoms with van der Waals surface area (Å²) in [6.45, 7) is 2.46. The van der Waals surface area contributed by atoms with Crippen LogP contribution >= 0.6 is 12.2 Å². The maximum atomic E-state index is 12.4. The fraction of sp³-hybridized carbons (Fsp3) is 0.176. The highest BCUT2D eigenvalue weighted by Crippen LogP contribution is 2.23. The number of nitro benzene ring substituents is 1. The minimum Gasteiger partial charge on any atom is -0.493 e. The molecule has 130 valence electrons. The Morgan fingerprint density at radius 3 is 2.60 bits per heavy atom. The van der Waals surface area contributed by atoms with Crippen LogP contribution in [0.2, 0.25) is 0 Å². The van der Waals surface area contributed by atoms with Gasteiger partial charge < -0.3 is 10.1 Å². The molecule has 1 amide bonds. The lowest BCUT2D eigenvalue weighted by Crippen LogP contribution is -2.34. The smallest absolute Gasteiger partial charge is 0.292 e. The third-order valence-corrected chi connectivity index (χ3v) is 3.37. The van der Waals surface area contributed by atoms with Gasteiger partial charge in [-0.25, -0.2) is 0 Å². The average Bonchev–Trinajstić information content (AvgIpc) is 2.60. The molecular weight excluding hydrogens is 342 g/mol. The molecule has 0 saturated heterocycles. The van der Waals surface area contributed by atoms with Crippen molar-refractivity contribution in [3.05, 3.63) is 64.2 Å². The molecule has 2 rings (SSSR count). The van der Waals surface area contributed by atoms with Crippen molar-refractivity contribution in [1.29, 1.82) is 0 Å². The van der Waals surface area contributed by atoms with Gasteiger partial charge in [0.25, 0.3) is 11.6 Å². The van der Waals surface area contributed by atoms with E-state index in [2.05, 4.69) is 10.6 Å². The van der Waals surface area contributed by atoms with Gasteiger partial charge in [-0.05, 0) is 36.8 Å². The molecule has 7 nitrogen and oxygen atoms in total. The van der Waals surface area contributed by atoms with Crippen LogP contribution in [0.15, 0.2) is 48.5 Å². The van der Waals surface area contributed by atoms with Gasteiger partial charge in [0.15, 0.2) is 5.11 Å². The predicted molar refractivity (Wildman–Crippen MR) is 99.0 cm³/mol. The molecule has 0 fully saturated rings. The number of nitro groups is 1. The molecule has 25 heavy (non-hydrogen) atoms. The lowest BCUT2D eigenvalue weighted by Gasteiger charge is -2.12. The number of nitrogens with one attached hydrogen (secondary N) is 2. The van der Waals surface area contributed by atoms with E-state index in [1.54, 1.807) is 36.4 Å². The van der Waals surface area contributed by atoms with Crippen molar-refractivity contribution in [1.82, 2.24) is 5.32 Å². The molecular formula is C17H17N3O4S. The summed E-state index contributed by atoms with van der Waals surface area (Å²) in [5, 5.41) is 16.2. The van der Waals surface area contributed by atoms with Crippen LogP contribution in [-0.2, 0) is 0 Å². The standard InChI is InChI=1S/C17H17N3O4S/c1-2-11-24-15-10-6-3-7-12(15)16(21)19-17(25)18-13-8-4-5-9-14(13)20(22)23/h3-10H,2,11H2,1H3,(H2,18,19,21,25). The number of para-hydroxylation sites is 3. The molecule has 0 aliphatic rings. The number of hydrogen-bond donors (Lipinski definition) is 2. The second-order valence-corrected chi connectivity index (χ2v) is 5.44. The van der Waals surface area contributed by atoms with Crippen LogP contribution in [-0.4, -0.2) is 22.5 Å². The van der Waals surface area contributed by atoms with Crippen LogP contribution < -0.4 is 15.4 Å². The molecule has 2 N–H and O–H groups in total. The lowest BCUT2D eigenvalue weighted by atomic mass is 10.2. The molecule has 0 aliphatic heterocycles. The number of ether oxygens (including phenoxy) is 1. The van der Waals surface area contributed by atoms with E-state index in [1.807, 2.05) is 6.92 Å². The first-order valence-electron chi connectivity index (χ1n) is 7.60. The zero-order valence-electron chi connectivity index (χ0n) is 13.5. The maximum absolute atomic E-state index is 12.4. The van der Waals surface area contributed by atoms with Gasteiger partial charge >= 0.3 is 0 Å². The van der Waals surface area contributed by atoms with E-state index in [0.29, 0.717) is 17.9 Å². The Balaban J connectivity index is 2.09. The van der Waals surface area contributed by atoms with Gasteiger partial charge in [0, 0.05) is 6.07 Å². The zero-order chi connectivity index (χ0) is 18.2. The molecule has 0 aliphatic carbocycles. The number of carbonyl (C=O) groups excluding carboxylic acids is 1. The number of thiocarbonyl (C=S) groups is 1. The second kappa shape index (κ2) is 8.74. The first-order valence-corrected chi connectivity index (χ1v) is 8.01. The summed E-state index contributed by atoms with van der Waals surface area (Å²) in [5.74, 6) is -0.00173. The molecule has 2 aromatic carbocycles. The SMILES string of the molecule is CCCOc1ccccc1C(=O)NC(=S)Nc1ccccc1[N+](=O)[O-]. The summed E-state index contributed by atoms with van der Waals surface area (Å²) in [7, 11) is 0. The van der Waals surface area contributed by atoms with E-state index >= 15 is 0 Å². The van der Waals surface area contributed by atoms with Gasteiger partial charge in [-0.15, -0.1) is 0 Å². The van der Waals surface area contributed by atoms with Crippen molar-refractivity contribution in [3.63, 3.8) is 0 Å². The van der Waals surface area contributed by atoms with E-state index in [-0.39, 0.29) is 16.5 Å². The molecule has 0 saturated carbocycles. The molecule has 0 atom stereocenters. The third-order valence-electron chi connectivity index (χ3n) is 3.17. The number of amides is 1. The molecule has 0 bridgehead atoms. The highest BCUT2D eigenvalue weighted by Gasteiger charge is 2.16. The topological polar surface area (TPSA) is 93.5 Å². The molecule has 2 aromatic rings. The number of benzene rings is 2. The molecule has 0 spiro atoms. The van der Waals surface area contributed by atoms with Gasteiger partial charge in [0.05, 0.1) is 17.1 Å². The van der Waals surface area contributed by atoms with Crippen LogP contribution in [0, 0.1) is 10.1 Å². The quantitative estimate of drug-likeness (QED) is 0.466. The monoisotopic (exact) mass is 359 g/mol. The van der Waals surface area contributed by atoms with Gasteiger partial charge in [-0.1, -0.05) is 31.2 Å². The van der Waals surface area contributed by atoms with Crippen molar-refractivity contribution < 1.29 is 14.5 Å². The van der Waals surface area contributed by atoms with Crippen molar-refractivity contribution in [2.45, 2.75) is 13.3 Å².